The van der Waals surface area contributed by atoms with Crippen molar-refractivity contribution in [1.29, 1.82) is 0 Å². The molecule has 1 aliphatic heterocycles. The van der Waals surface area contributed by atoms with Gasteiger partial charge >= 0.3 is 0 Å². The summed E-state index contributed by atoms with van der Waals surface area (Å²) in [6.07, 6.45) is 2.75. The fraction of sp³-hybridized carbons (Fsp3) is 1.00. The minimum Gasteiger partial charge on any atom is -0.381 e. The van der Waals surface area contributed by atoms with Gasteiger partial charge in [0.25, 0.3) is 0 Å². The maximum absolute atomic E-state index is 10.7. The van der Waals surface area contributed by atoms with Crippen molar-refractivity contribution < 1.29 is 13.2 Å². The van der Waals surface area contributed by atoms with Crippen molar-refractivity contribution >= 4 is 10.0 Å². The zero-order valence-electron chi connectivity index (χ0n) is 6.54. The first-order chi connectivity index (χ1) is 5.08. The van der Waals surface area contributed by atoms with E-state index in [1.807, 2.05) is 0 Å². The van der Waals surface area contributed by atoms with Gasteiger partial charge in [-0.2, -0.15) is 0 Å². The molecule has 0 amide bonds. The highest BCUT2D eigenvalue weighted by Gasteiger charge is 2.16. The van der Waals surface area contributed by atoms with Crippen LogP contribution in [0.2, 0.25) is 0 Å². The van der Waals surface area contributed by atoms with Gasteiger partial charge in [0.05, 0.1) is 6.26 Å². The van der Waals surface area contributed by atoms with Gasteiger partial charge < -0.3 is 4.74 Å². The summed E-state index contributed by atoms with van der Waals surface area (Å²) in [4.78, 5) is 0. The van der Waals surface area contributed by atoms with Crippen molar-refractivity contribution in [2.75, 3.05) is 19.5 Å². The molecule has 1 aliphatic rings. The Kier molecular flexibility index (Phi) is 2.86. The van der Waals surface area contributed by atoms with Crippen LogP contribution < -0.4 is 4.72 Å². The average molecular weight is 179 g/mol. The van der Waals surface area contributed by atoms with Crippen LogP contribution in [0.1, 0.15) is 12.8 Å². The van der Waals surface area contributed by atoms with Gasteiger partial charge in [0, 0.05) is 19.3 Å². The normalized spacial score (nSPS) is 21.9. The maximum Gasteiger partial charge on any atom is 0.208 e. The molecule has 0 spiro atoms. The van der Waals surface area contributed by atoms with E-state index in [0.717, 1.165) is 12.8 Å². The minimum atomic E-state index is -3.03. The lowest BCUT2D eigenvalue weighted by atomic mass is 10.1. The van der Waals surface area contributed by atoms with Gasteiger partial charge in [-0.25, -0.2) is 13.1 Å². The van der Waals surface area contributed by atoms with E-state index < -0.39 is 10.0 Å². The van der Waals surface area contributed by atoms with Crippen LogP contribution in [0.15, 0.2) is 0 Å². The van der Waals surface area contributed by atoms with Crippen LogP contribution in [0.4, 0.5) is 0 Å². The minimum absolute atomic E-state index is 0.0822. The first kappa shape index (κ1) is 8.96. The fourth-order valence-corrected chi connectivity index (χ4v) is 1.96. The molecule has 0 radical (unpaired) electrons. The SMILES string of the molecule is CS(=O)(=O)NC1CCOCC1. The van der Waals surface area contributed by atoms with E-state index in [0.29, 0.717) is 13.2 Å². The quantitative estimate of drug-likeness (QED) is 0.634. The molecule has 0 unspecified atom stereocenters. The lowest BCUT2D eigenvalue weighted by molar-refractivity contribution is 0.0832. The van der Waals surface area contributed by atoms with Gasteiger partial charge in [-0.3, -0.25) is 0 Å². The second-order valence-corrected chi connectivity index (χ2v) is 4.56. The van der Waals surface area contributed by atoms with E-state index in [1.54, 1.807) is 0 Å². The Labute approximate surface area is 67.0 Å². The molecule has 4 nitrogen and oxygen atoms in total. The summed E-state index contributed by atoms with van der Waals surface area (Å²) >= 11 is 0. The molecule has 0 bridgehead atoms. The van der Waals surface area contributed by atoms with Crippen molar-refractivity contribution in [2.45, 2.75) is 18.9 Å². The third-order valence-electron chi connectivity index (χ3n) is 1.60. The first-order valence-electron chi connectivity index (χ1n) is 3.63. The zero-order chi connectivity index (χ0) is 8.32. The summed E-state index contributed by atoms with van der Waals surface area (Å²) in [7, 11) is -3.03. The van der Waals surface area contributed by atoms with E-state index in [2.05, 4.69) is 4.72 Å². The molecule has 0 aromatic carbocycles. The van der Waals surface area contributed by atoms with Crippen molar-refractivity contribution in [3.63, 3.8) is 0 Å². The lowest BCUT2D eigenvalue weighted by Gasteiger charge is -2.21. The fourth-order valence-electron chi connectivity index (χ4n) is 1.12. The molecule has 0 aromatic rings. The second kappa shape index (κ2) is 3.51. The Bertz CT molecular complexity index is 206. The van der Waals surface area contributed by atoms with Crippen LogP contribution in [0.25, 0.3) is 0 Å². The van der Waals surface area contributed by atoms with Gasteiger partial charge in [0.15, 0.2) is 0 Å². The number of sulfonamides is 1. The summed E-state index contributed by atoms with van der Waals surface area (Å²) in [6.45, 7) is 1.32. The largest absolute Gasteiger partial charge is 0.381 e. The highest BCUT2D eigenvalue weighted by molar-refractivity contribution is 7.88. The Morgan fingerprint density at radius 3 is 2.36 bits per heavy atom. The van der Waals surface area contributed by atoms with E-state index in [9.17, 15) is 8.42 Å². The molecule has 11 heavy (non-hydrogen) atoms. The van der Waals surface area contributed by atoms with Gasteiger partial charge in [-0.1, -0.05) is 0 Å². The summed E-state index contributed by atoms with van der Waals surface area (Å²) in [5.41, 5.74) is 0. The van der Waals surface area contributed by atoms with Gasteiger partial charge in [-0.05, 0) is 12.8 Å². The first-order valence-corrected chi connectivity index (χ1v) is 5.52. The number of hydrogen-bond donors (Lipinski definition) is 1. The Hall–Kier alpha value is -0.130. The van der Waals surface area contributed by atoms with Gasteiger partial charge in [-0.15, -0.1) is 0 Å². The van der Waals surface area contributed by atoms with Gasteiger partial charge in [0.1, 0.15) is 0 Å². The molecule has 66 valence electrons. The molecule has 0 atom stereocenters. The summed E-state index contributed by atoms with van der Waals surface area (Å²) in [5, 5.41) is 0. The zero-order valence-corrected chi connectivity index (χ0v) is 7.36. The maximum atomic E-state index is 10.7. The third kappa shape index (κ3) is 3.69. The summed E-state index contributed by atoms with van der Waals surface area (Å²) in [5.74, 6) is 0. The van der Waals surface area contributed by atoms with Gasteiger partial charge in [0.2, 0.25) is 10.0 Å². The summed E-state index contributed by atoms with van der Waals surface area (Å²) < 4.78 is 29.1. The summed E-state index contributed by atoms with van der Waals surface area (Å²) in [6, 6.07) is 0.0822. The molecule has 0 aromatic heterocycles. The topological polar surface area (TPSA) is 55.4 Å². The van der Waals surface area contributed by atoms with E-state index in [1.165, 1.54) is 6.26 Å². The number of rotatable bonds is 2. The highest BCUT2D eigenvalue weighted by Crippen LogP contribution is 2.06. The molecule has 0 saturated carbocycles. The molecular formula is C6H13NO3S. The van der Waals surface area contributed by atoms with Crippen LogP contribution in [0, 0.1) is 0 Å². The van der Waals surface area contributed by atoms with Crippen molar-refractivity contribution in [1.82, 2.24) is 4.72 Å². The molecule has 5 heteroatoms. The van der Waals surface area contributed by atoms with Crippen molar-refractivity contribution in [2.24, 2.45) is 0 Å². The molecule has 1 fully saturated rings. The van der Waals surface area contributed by atoms with Crippen LogP contribution >= 0.6 is 0 Å². The second-order valence-electron chi connectivity index (χ2n) is 2.78. The smallest absolute Gasteiger partial charge is 0.208 e. The predicted octanol–water partition coefficient (Wildman–Crippen LogP) is -0.285. The lowest BCUT2D eigenvalue weighted by Crippen LogP contribution is -2.38. The van der Waals surface area contributed by atoms with Crippen LogP contribution in [-0.2, 0) is 14.8 Å². The molecule has 1 heterocycles. The molecule has 1 rings (SSSR count). The van der Waals surface area contributed by atoms with E-state index in [-0.39, 0.29) is 6.04 Å². The molecule has 0 aliphatic carbocycles. The van der Waals surface area contributed by atoms with Crippen LogP contribution in [-0.4, -0.2) is 33.9 Å². The molecule has 1 N–H and O–H groups in total. The Balaban J connectivity index is 2.36. The van der Waals surface area contributed by atoms with Crippen LogP contribution in [0.5, 0.6) is 0 Å². The number of hydrogen-bond acceptors (Lipinski definition) is 3. The molecular weight excluding hydrogens is 166 g/mol. The van der Waals surface area contributed by atoms with Crippen LogP contribution in [0.3, 0.4) is 0 Å². The highest BCUT2D eigenvalue weighted by atomic mass is 32.2. The third-order valence-corrected chi connectivity index (χ3v) is 2.36. The van der Waals surface area contributed by atoms with E-state index >= 15 is 0 Å². The average Bonchev–Trinajstić information content (AvgIpc) is 1.85. The number of ether oxygens (including phenoxy) is 1. The van der Waals surface area contributed by atoms with E-state index in [4.69, 9.17) is 4.74 Å². The van der Waals surface area contributed by atoms with Crippen molar-refractivity contribution in [3.05, 3.63) is 0 Å². The Morgan fingerprint density at radius 1 is 1.36 bits per heavy atom. The molecule has 1 saturated heterocycles. The van der Waals surface area contributed by atoms with Crippen molar-refractivity contribution in [3.8, 4) is 0 Å². The number of nitrogens with one attached hydrogen (secondary N) is 1. The predicted molar refractivity (Wildman–Crippen MR) is 41.8 cm³/mol. The monoisotopic (exact) mass is 179 g/mol. The Morgan fingerprint density at radius 2 is 1.91 bits per heavy atom. The standard InChI is InChI=1S/C6H13NO3S/c1-11(8,9)7-6-2-4-10-5-3-6/h6-7H,2-5H2,1H3.